The van der Waals surface area contributed by atoms with Crippen LogP contribution in [-0.4, -0.2) is 36.0 Å². The molecule has 10 heteroatoms. The number of carbonyl (C=O) groups excluding carboxylic acids is 3. The first kappa shape index (κ1) is 29.2. The summed E-state index contributed by atoms with van der Waals surface area (Å²) in [5.74, 6) is 0.206. The number of rotatable bonds is 11. The van der Waals surface area contributed by atoms with Crippen molar-refractivity contribution in [1.82, 2.24) is 10.2 Å². The number of urea groups is 1. The number of hydrogen-bond donors (Lipinski definition) is 1. The Labute approximate surface area is 246 Å². The summed E-state index contributed by atoms with van der Waals surface area (Å²) in [4.78, 5) is 39.5. The van der Waals surface area contributed by atoms with Gasteiger partial charge in [0.15, 0.2) is 11.5 Å². The molecule has 0 radical (unpaired) electrons. The maximum atomic E-state index is 13.3. The molecule has 1 heterocycles. The lowest BCUT2D eigenvalue weighted by molar-refractivity contribution is -0.130. The van der Waals surface area contributed by atoms with E-state index in [4.69, 9.17) is 25.8 Å². The Morgan fingerprint density at radius 3 is 2.42 bits per heavy atom. The Morgan fingerprint density at radius 1 is 0.925 bits per heavy atom. The highest BCUT2D eigenvalue weighted by Gasteiger charge is 2.35. The molecule has 0 saturated carbocycles. The van der Waals surface area contributed by atoms with E-state index in [0.29, 0.717) is 51.1 Å². The van der Waals surface area contributed by atoms with E-state index in [0.717, 1.165) is 16.9 Å². The van der Waals surface area contributed by atoms with E-state index >= 15 is 0 Å². The summed E-state index contributed by atoms with van der Waals surface area (Å²) in [6.07, 6.45) is 2.28. The van der Waals surface area contributed by atoms with Crippen LogP contribution in [0.15, 0.2) is 70.7 Å². The van der Waals surface area contributed by atoms with Gasteiger partial charge in [-0.1, -0.05) is 48.9 Å². The number of nitrogens with zero attached hydrogens (tertiary/aromatic N) is 1. The topological polar surface area (TPSA) is 94.2 Å². The zero-order valence-electron chi connectivity index (χ0n) is 22.0. The molecular formula is C30H28BrClN2O6. The number of amides is 4. The van der Waals surface area contributed by atoms with E-state index in [9.17, 15) is 14.4 Å². The van der Waals surface area contributed by atoms with Gasteiger partial charge in [-0.15, -0.1) is 0 Å². The molecule has 208 valence electrons. The number of ether oxygens (including phenoxy) is 3. The van der Waals surface area contributed by atoms with Crippen molar-refractivity contribution < 1.29 is 28.6 Å². The molecule has 0 unspecified atom stereocenters. The van der Waals surface area contributed by atoms with E-state index in [1.54, 1.807) is 42.5 Å². The van der Waals surface area contributed by atoms with Crippen LogP contribution >= 0.6 is 27.5 Å². The summed E-state index contributed by atoms with van der Waals surface area (Å²) < 4.78 is 17.9. The van der Waals surface area contributed by atoms with Crippen LogP contribution in [0, 0.1) is 0 Å². The molecule has 1 aliphatic rings. The number of halogens is 2. The Balaban J connectivity index is 1.51. The van der Waals surface area contributed by atoms with Crippen LogP contribution in [0.3, 0.4) is 0 Å². The summed E-state index contributed by atoms with van der Waals surface area (Å²) in [5.41, 5.74) is 1.89. The van der Waals surface area contributed by atoms with E-state index in [1.807, 2.05) is 32.0 Å². The first-order chi connectivity index (χ1) is 19.3. The third-order valence-corrected chi connectivity index (χ3v) is 6.89. The van der Waals surface area contributed by atoms with Gasteiger partial charge in [0.05, 0.1) is 24.2 Å². The predicted molar refractivity (Wildman–Crippen MR) is 155 cm³/mol. The van der Waals surface area contributed by atoms with E-state index in [-0.39, 0.29) is 18.7 Å². The fourth-order valence-electron chi connectivity index (χ4n) is 3.93. The molecule has 4 rings (SSSR count). The first-order valence-corrected chi connectivity index (χ1v) is 13.9. The molecule has 1 aliphatic heterocycles. The van der Waals surface area contributed by atoms with Crippen LogP contribution in [0.25, 0.3) is 6.08 Å². The van der Waals surface area contributed by atoms with Crippen molar-refractivity contribution in [2.45, 2.75) is 33.4 Å². The summed E-state index contributed by atoms with van der Waals surface area (Å²) in [6.45, 7) is 5.04. The normalized spacial score (nSPS) is 14.3. The SMILES string of the molecule is CCCOc1ccc(CN2C(=O)NC(=O)/C(=C\c3ccc(OCc4ccccc4Cl)c(Br)c3)C2=O)cc1OCC. The Morgan fingerprint density at radius 2 is 1.70 bits per heavy atom. The van der Waals surface area contributed by atoms with Gasteiger partial charge in [-0.25, -0.2) is 4.79 Å². The maximum absolute atomic E-state index is 13.3. The third kappa shape index (κ3) is 7.03. The van der Waals surface area contributed by atoms with Crippen LogP contribution in [0.1, 0.15) is 37.0 Å². The number of imide groups is 2. The van der Waals surface area contributed by atoms with Crippen molar-refractivity contribution in [3.05, 3.63) is 92.4 Å². The second-order valence-electron chi connectivity index (χ2n) is 8.84. The minimum atomic E-state index is -0.791. The van der Waals surface area contributed by atoms with Crippen molar-refractivity contribution in [3.8, 4) is 17.2 Å². The van der Waals surface area contributed by atoms with Crippen LogP contribution in [0.4, 0.5) is 4.79 Å². The highest BCUT2D eigenvalue weighted by atomic mass is 79.9. The molecule has 1 saturated heterocycles. The van der Waals surface area contributed by atoms with Gasteiger partial charge in [-0.3, -0.25) is 19.8 Å². The van der Waals surface area contributed by atoms with Gasteiger partial charge in [0.1, 0.15) is 17.9 Å². The number of carbonyl (C=O) groups is 3. The van der Waals surface area contributed by atoms with Crippen molar-refractivity contribution >= 4 is 51.5 Å². The molecule has 0 spiro atoms. The van der Waals surface area contributed by atoms with Gasteiger partial charge < -0.3 is 14.2 Å². The predicted octanol–water partition coefficient (Wildman–Crippen LogP) is 6.53. The van der Waals surface area contributed by atoms with Crippen LogP contribution < -0.4 is 19.5 Å². The standard InChI is InChI=1S/C30H28BrClN2O6/c1-3-13-39-26-12-10-20(16-27(26)38-4-2)17-34-29(36)22(28(35)33-30(34)37)14-19-9-11-25(23(31)15-19)40-18-21-7-5-6-8-24(21)32/h5-12,14-16H,3-4,13,17-18H2,1-2H3,(H,33,35,37)/b22-14+. The average Bonchev–Trinajstić information content (AvgIpc) is 2.93. The molecule has 4 amide bonds. The minimum Gasteiger partial charge on any atom is -0.490 e. The molecule has 1 fully saturated rings. The highest BCUT2D eigenvalue weighted by Crippen LogP contribution is 2.31. The zero-order chi connectivity index (χ0) is 28.6. The molecule has 3 aromatic carbocycles. The molecular weight excluding hydrogens is 600 g/mol. The lowest BCUT2D eigenvalue weighted by atomic mass is 10.1. The number of nitrogens with one attached hydrogen (secondary N) is 1. The van der Waals surface area contributed by atoms with Crippen molar-refractivity contribution in [3.63, 3.8) is 0 Å². The molecule has 0 bridgehead atoms. The van der Waals surface area contributed by atoms with Crippen LogP contribution in [0.5, 0.6) is 17.2 Å². The number of benzene rings is 3. The largest absolute Gasteiger partial charge is 0.490 e. The lowest BCUT2D eigenvalue weighted by Gasteiger charge is -2.26. The van der Waals surface area contributed by atoms with E-state index in [1.165, 1.54) is 6.08 Å². The van der Waals surface area contributed by atoms with Gasteiger partial charge in [0, 0.05) is 10.6 Å². The van der Waals surface area contributed by atoms with Crippen LogP contribution in [0.2, 0.25) is 5.02 Å². The molecule has 0 aromatic heterocycles. The lowest BCUT2D eigenvalue weighted by Crippen LogP contribution is -2.53. The van der Waals surface area contributed by atoms with E-state index in [2.05, 4.69) is 21.2 Å². The maximum Gasteiger partial charge on any atom is 0.331 e. The average molecular weight is 628 g/mol. The number of hydrogen-bond acceptors (Lipinski definition) is 6. The van der Waals surface area contributed by atoms with Crippen molar-refractivity contribution in [1.29, 1.82) is 0 Å². The monoisotopic (exact) mass is 626 g/mol. The second-order valence-corrected chi connectivity index (χ2v) is 10.1. The van der Waals surface area contributed by atoms with E-state index < -0.39 is 17.8 Å². The first-order valence-electron chi connectivity index (χ1n) is 12.7. The van der Waals surface area contributed by atoms with Crippen molar-refractivity contribution in [2.75, 3.05) is 13.2 Å². The summed E-state index contributed by atoms with van der Waals surface area (Å²) in [5, 5.41) is 2.86. The quantitative estimate of drug-likeness (QED) is 0.192. The van der Waals surface area contributed by atoms with Crippen molar-refractivity contribution in [2.24, 2.45) is 0 Å². The second kappa shape index (κ2) is 13.5. The summed E-state index contributed by atoms with van der Waals surface area (Å²) in [6, 6.07) is 17.0. The molecule has 0 aliphatic carbocycles. The molecule has 0 atom stereocenters. The molecule has 1 N–H and O–H groups in total. The fourth-order valence-corrected chi connectivity index (χ4v) is 4.63. The van der Waals surface area contributed by atoms with Gasteiger partial charge in [-0.2, -0.15) is 0 Å². The number of barbiturate groups is 1. The zero-order valence-corrected chi connectivity index (χ0v) is 24.4. The smallest absolute Gasteiger partial charge is 0.331 e. The Kier molecular flexibility index (Phi) is 9.84. The van der Waals surface area contributed by atoms with Gasteiger partial charge in [-0.05, 0) is 76.8 Å². The molecule has 8 nitrogen and oxygen atoms in total. The van der Waals surface area contributed by atoms with Gasteiger partial charge in [0.25, 0.3) is 11.8 Å². The van der Waals surface area contributed by atoms with Crippen LogP contribution in [-0.2, 0) is 22.7 Å². The third-order valence-electron chi connectivity index (χ3n) is 5.90. The molecule has 3 aromatic rings. The summed E-state index contributed by atoms with van der Waals surface area (Å²) in [7, 11) is 0. The highest BCUT2D eigenvalue weighted by molar-refractivity contribution is 9.10. The van der Waals surface area contributed by atoms with Gasteiger partial charge in [0.2, 0.25) is 0 Å². The fraction of sp³-hybridized carbons (Fsp3) is 0.233. The Hall–Kier alpha value is -3.82. The summed E-state index contributed by atoms with van der Waals surface area (Å²) >= 11 is 9.68. The van der Waals surface area contributed by atoms with Gasteiger partial charge >= 0.3 is 6.03 Å². The minimum absolute atomic E-state index is 0.0536. The molecule has 40 heavy (non-hydrogen) atoms. The Bertz CT molecular complexity index is 1460.